The molecule has 74 valence electrons. The second-order valence-electron chi connectivity index (χ2n) is 3.10. The maximum Gasteiger partial charge on any atom is 0.212 e. The summed E-state index contributed by atoms with van der Waals surface area (Å²) in [6.45, 7) is 0. The summed E-state index contributed by atoms with van der Waals surface area (Å²) < 4.78 is 14.7. The van der Waals surface area contributed by atoms with Crippen molar-refractivity contribution in [3.8, 4) is 11.3 Å². The summed E-state index contributed by atoms with van der Waals surface area (Å²) in [5.41, 5.74) is 3.24. The number of rotatable bonds is 1. The van der Waals surface area contributed by atoms with E-state index in [1.165, 1.54) is 23.5 Å². The predicted molar refractivity (Wildman–Crippen MR) is 56.3 cm³/mol. The molecule has 0 aliphatic heterocycles. The highest BCUT2D eigenvalue weighted by Gasteiger charge is 2.06. The molecule has 15 heavy (non-hydrogen) atoms. The van der Waals surface area contributed by atoms with Crippen LogP contribution in [0.3, 0.4) is 0 Å². The molecule has 0 aliphatic carbocycles. The van der Waals surface area contributed by atoms with E-state index in [0.717, 1.165) is 16.2 Å². The summed E-state index contributed by atoms with van der Waals surface area (Å²) in [7, 11) is 0. The van der Waals surface area contributed by atoms with Crippen LogP contribution in [-0.2, 0) is 0 Å². The van der Waals surface area contributed by atoms with Crippen molar-refractivity contribution in [1.82, 2.24) is 14.6 Å². The van der Waals surface area contributed by atoms with Crippen LogP contribution in [0.2, 0.25) is 0 Å². The fraction of sp³-hybridized carbons (Fsp3) is 0. The fourth-order valence-electron chi connectivity index (χ4n) is 1.43. The minimum Gasteiger partial charge on any atom is -0.217 e. The first-order chi connectivity index (χ1) is 7.33. The normalized spacial score (nSPS) is 11.0. The second kappa shape index (κ2) is 3.13. The molecule has 0 radical (unpaired) electrons. The van der Waals surface area contributed by atoms with Gasteiger partial charge in [-0.2, -0.15) is 5.10 Å². The molecule has 0 amide bonds. The van der Waals surface area contributed by atoms with Crippen LogP contribution in [0.4, 0.5) is 4.39 Å². The molecule has 3 aromatic rings. The summed E-state index contributed by atoms with van der Waals surface area (Å²) >= 11 is 1.45. The van der Waals surface area contributed by atoms with Gasteiger partial charge in [-0.3, -0.25) is 0 Å². The van der Waals surface area contributed by atoms with Crippen LogP contribution in [0, 0.1) is 5.82 Å². The number of aromatic nitrogens is 3. The Morgan fingerprint density at radius 3 is 3.07 bits per heavy atom. The van der Waals surface area contributed by atoms with Crippen molar-refractivity contribution in [1.29, 1.82) is 0 Å². The van der Waals surface area contributed by atoms with Crippen LogP contribution in [0.15, 0.2) is 36.0 Å². The van der Waals surface area contributed by atoms with E-state index in [1.54, 1.807) is 22.3 Å². The lowest BCUT2D eigenvalue weighted by molar-refractivity contribution is 0.628. The Labute approximate surface area is 88.8 Å². The van der Waals surface area contributed by atoms with E-state index in [1.807, 2.05) is 6.07 Å². The zero-order valence-electron chi connectivity index (χ0n) is 7.59. The first-order valence-electron chi connectivity index (χ1n) is 4.38. The molecule has 0 aliphatic rings. The molecule has 3 nitrogen and oxygen atoms in total. The van der Waals surface area contributed by atoms with Crippen LogP contribution < -0.4 is 0 Å². The van der Waals surface area contributed by atoms with Crippen LogP contribution >= 0.6 is 11.3 Å². The van der Waals surface area contributed by atoms with E-state index < -0.39 is 0 Å². The number of nitrogens with zero attached hydrogens (tertiary/aromatic N) is 3. The highest BCUT2D eigenvalue weighted by Crippen LogP contribution is 2.20. The summed E-state index contributed by atoms with van der Waals surface area (Å²) in [6.07, 6.45) is 1.79. The van der Waals surface area contributed by atoms with Gasteiger partial charge in [-0.15, -0.1) is 0 Å². The van der Waals surface area contributed by atoms with Crippen LogP contribution in [0.25, 0.3) is 16.2 Å². The zero-order valence-corrected chi connectivity index (χ0v) is 8.41. The minimum absolute atomic E-state index is 0.253. The van der Waals surface area contributed by atoms with Gasteiger partial charge in [0.15, 0.2) is 0 Å². The monoisotopic (exact) mass is 219 g/mol. The van der Waals surface area contributed by atoms with E-state index in [0.29, 0.717) is 0 Å². The van der Waals surface area contributed by atoms with E-state index in [2.05, 4.69) is 10.1 Å². The molecule has 2 heterocycles. The van der Waals surface area contributed by atoms with Crippen LogP contribution in [0.1, 0.15) is 0 Å². The second-order valence-corrected chi connectivity index (χ2v) is 3.91. The van der Waals surface area contributed by atoms with E-state index in [-0.39, 0.29) is 5.82 Å². The van der Waals surface area contributed by atoms with Crippen molar-refractivity contribution in [2.45, 2.75) is 0 Å². The SMILES string of the molecule is Fc1cccc(-c2cn3ncsc3n2)c1. The van der Waals surface area contributed by atoms with Gasteiger partial charge in [0.1, 0.15) is 11.3 Å². The van der Waals surface area contributed by atoms with Gasteiger partial charge in [0.05, 0.1) is 11.9 Å². The molecule has 0 spiro atoms. The van der Waals surface area contributed by atoms with Gasteiger partial charge in [-0.1, -0.05) is 23.5 Å². The molecule has 5 heteroatoms. The van der Waals surface area contributed by atoms with E-state index in [9.17, 15) is 4.39 Å². The lowest BCUT2D eigenvalue weighted by Crippen LogP contribution is -1.79. The standard InChI is InChI=1S/C10H6FN3S/c11-8-3-1-2-7(4-8)9-5-14-10(13-9)15-6-12-14/h1-6H. The molecule has 3 rings (SSSR count). The maximum absolute atomic E-state index is 13.0. The number of halogens is 1. The van der Waals surface area contributed by atoms with Crippen molar-refractivity contribution in [2.24, 2.45) is 0 Å². The molecule has 0 unspecified atom stereocenters. The molecule has 1 aromatic carbocycles. The molecule has 0 N–H and O–H groups in total. The Balaban J connectivity index is 2.17. The average Bonchev–Trinajstić information content (AvgIpc) is 2.76. The molecule has 2 aromatic heterocycles. The Hall–Kier alpha value is -1.75. The molecule has 0 saturated heterocycles. The quantitative estimate of drug-likeness (QED) is 0.629. The number of benzene rings is 1. The van der Waals surface area contributed by atoms with Gasteiger partial charge in [0.2, 0.25) is 4.96 Å². The van der Waals surface area contributed by atoms with Gasteiger partial charge in [-0.25, -0.2) is 13.9 Å². The summed E-state index contributed by atoms with van der Waals surface area (Å²) in [4.78, 5) is 5.15. The Bertz CT molecular complexity index is 585. The lowest BCUT2D eigenvalue weighted by atomic mass is 10.2. The van der Waals surface area contributed by atoms with Crippen molar-refractivity contribution in [2.75, 3.05) is 0 Å². The smallest absolute Gasteiger partial charge is 0.212 e. The molecular formula is C10H6FN3S. The van der Waals surface area contributed by atoms with Gasteiger partial charge in [0, 0.05) is 5.56 Å². The molecule has 0 atom stereocenters. The average molecular weight is 219 g/mol. The zero-order chi connectivity index (χ0) is 10.3. The molecular weight excluding hydrogens is 213 g/mol. The summed E-state index contributed by atoms with van der Waals surface area (Å²) in [5.74, 6) is -0.253. The Morgan fingerprint density at radius 1 is 1.33 bits per heavy atom. The predicted octanol–water partition coefficient (Wildman–Crippen LogP) is 2.60. The number of fused-ring (bicyclic) bond motifs is 1. The first-order valence-corrected chi connectivity index (χ1v) is 5.26. The first kappa shape index (κ1) is 8.55. The van der Waals surface area contributed by atoms with Crippen molar-refractivity contribution in [3.63, 3.8) is 0 Å². The topological polar surface area (TPSA) is 30.2 Å². The summed E-state index contributed by atoms with van der Waals surface area (Å²) in [6, 6.07) is 6.38. The van der Waals surface area contributed by atoms with Gasteiger partial charge in [-0.05, 0) is 12.1 Å². The summed E-state index contributed by atoms with van der Waals surface area (Å²) in [5, 5.41) is 4.07. The molecule has 0 saturated carbocycles. The van der Waals surface area contributed by atoms with Crippen LogP contribution in [0.5, 0.6) is 0 Å². The van der Waals surface area contributed by atoms with Gasteiger partial charge in [0.25, 0.3) is 0 Å². The van der Waals surface area contributed by atoms with E-state index in [4.69, 9.17) is 0 Å². The number of hydrogen-bond acceptors (Lipinski definition) is 3. The maximum atomic E-state index is 13.0. The van der Waals surface area contributed by atoms with Gasteiger partial charge < -0.3 is 0 Å². The third-order valence-electron chi connectivity index (χ3n) is 2.11. The van der Waals surface area contributed by atoms with Crippen molar-refractivity contribution >= 4 is 16.3 Å². The highest BCUT2D eigenvalue weighted by atomic mass is 32.1. The van der Waals surface area contributed by atoms with Crippen molar-refractivity contribution in [3.05, 3.63) is 41.8 Å². The fourth-order valence-corrected chi connectivity index (χ4v) is 2.03. The molecule has 0 fully saturated rings. The third-order valence-corrected chi connectivity index (χ3v) is 2.80. The Kier molecular flexibility index (Phi) is 1.78. The number of hydrogen-bond donors (Lipinski definition) is 0. The minimum atomic E-state index is -0.253. The Morgan fingerprint density at radius 2 is 2.27 bits per heavy atom. The lowest BCUT2D eigenvalue weighted by Gasteiger charge is -1.94. The third kappa shape index (κ3) is 1.41. The van der Waals surface area contributed by atoms with Crippen molar-refractivity contribution < 1.29 is 4.39 Å². The van der Waals surface area contributed by atoms with E-state index >= 15 is 0 Å². The highest BCUT2D eigenvalue weighted by molar-refractivity contribution is 7.14. The molecule has 0 bridgehead atoms. The van der Waals surface area contributed by atoms with Crippen LogP contribution in [-0.4, -0.2) is 14.6 Å². The largest absolute Gasteiger partial charge is 0.217 e. The number of imidazole rings is 1. The van der Waals surface area contributed by atoms with Gasteiger partial charge >= 0.3 is 0 Å².